The van der Waals surface area contributed by atoms with Crippen LogP contribution in [0.15, 0.2) is 36.7 Å². The van der Waals surface area contributed by atoms with Crippen molar-refractivity contribution in [2.24, 2.45) is 0 Å². The van der Waals surface area contributed by atoms with E-state index in [-0.39, 0.29) is 11.5 Å². The zero-order valence-corrected chi connectivity index (χ0v) is 12.1. The minimum absolute atomic E-state index is 0.00785. The molecule has 7 heteroatoms. The van der Waals surface area contributed by atoms with Gasteiger partial charge in [0.05, 0.1) is 23.4 Å². The molecule has 2 rings (SSSR count). The third-order valence-corrected chi connectivity index (χ3v) is 3.18. The second kappa shape index (κ2) is 6.57. The zero-order valence-electron chi connectivity index (χ0n) is 12.1. The highest BCUT2D eigenvalue weighted by atomic mass is 19.4. The fourth-order valence-corrected chi connectivity index (χ4v) is 2.10. The fraction of sp³-hybridized carbons (Fsp3) is 0.250. The van der Waals surface area contributed by atoms with Crippen LogP contribution in [0, 0.1) is 11.3 Å². The van der Waals surface area contributed by atoms with Crippen molar-refractivity contribution in [3.8, 4) is 17.6 Å². The Balaban J connectivity index is 2.34. The Labute approximate surface area is 130 Å². The highest BCUT2D eigenvalue weighted by molar-refractivity contribution is 5.44. The molecule has 1 unspecified atom stereocenters. The van der Waals surface area contributed by atoms with Crippen molar-refractivity contribution in [2.75, 3.05) is 0 Å². The van der Waals surface area contributed by atoms with Crippen LogP contribution in [0.1, 0.15) is 36.1 Å². The zero-order chi connectivity index (χ0) is 17.0. The van der Waals surface area contributed by atoms with Gasteiger partial charge in [0.2, 0.25) is 0 Å². The lowest BCUT2D eigenvalue weighted by Gasteiger charge is -2.19. The minimum Gasteiger partial charge on any atom is -0.506 e. The number of hydrogen-bond donors (Lipinski definition) is 1. The van der Waals surface area contributed by atoms with Crippen molar-refractivity contribution in [3.05, 3.63) is 53.3 Å². The normalized spacial score (nSPS) is 12.5. The summed E-state index contributed by atoms with van der Waals surface area (Å²) in [6, 6.07) is 6.15. The maximum absolute atomic E-state index is 13.0. The highest BCUT2D eigenvalue weighted by Gasteiger charge is 2.34. The first-order valence-electron chi connectivity index (χ1n) is 6.77. The molecule has 1 aromatic heterocycles. The molecule has 2 aromatic rings. The van der Waals surface area contributed by atoms with E-state index in [1.807, 2.05) is 0 Å². The Morgan fingerprint density at radius 2 is 2.04 bits per heavy atom. The summed E-state index contributed by atoms with van der Waals surface area (Å²) < 4.78 is 44.5. The number of ether oxygens (including phenoxy) is 1. The van der Waals surface area contributed by atoms with E-state index in [4.69, 9.17) is 10.00 Å². The summed E-state index contributed by atoms with van der Waals surface area (Å²) in [5.74, 6) is -0.0631. The van der Waals surface area contributed by atoms with Gasteiger partial charge in [-0.1, -0.05) is 6.92 Å². The molecule has 4 nitrogen and oxygen atoms in total. The number of hydrogen-bond acceptors (Lipinski definition) is 4. The van der Waals surface area contributed by atoms with Crippen molar-refractivity contribution in [1.29, 1.82) is 5.26 Å². The average Bonchev–Trinajstić information content (AvgIpc) is 2.51. The number of halogens is 3. The first-order chi connectivity index (χ1) is 10.8. The van der Waals surface area contributed by atoms with E-state index < -0.39 is 23.4 Å². The molecular weight excluding hydrogens is 309 g/mol. The van der Waals surface area contributed by atoms with Crippen LogP contribution in [-0.2, 0) is 6.18 Å². The molecule has 1 atom stereocenters. The molecule has 0 amide bonds. The van der Waals surface area contributed by atoms with Crippen LogP contribution in [0.3, 0.4) is 0 Å². The molecule has 0 saturated heterocycles. The molecule has 0 bridgehead atoms. The van der Waals surface area contributed by atoms with E-state index in [1.165, 1.54) is 30.6 Å². The van der Waals surface area contributed by atoms with Gasteiger partial charge in [-0.3, -0.25) is 4.98 Å². The Kier molecular flexibility index (Phi) is 4.74. The monoisotopic (exact) mass is 322 g/mol. The minimum atomic E-state index is -4.64. The summed E-state index contributed by atoms with van der Waals surface area (Å²) in [6.07, 6.45) is -2.02. The molecule has 0 radical (unpaired) electrons. The lowest BCUT2D eigenvalue weighted by Crippen LogP contribution is -2.10. The number of benzene rings is 1. The van der Waals surface area contributed by atoms with Gasteiger partial charge in [0.1, 0.15) is 17.6 Å². The molecule has 0 spiro atoms. The molecule has 1 N–H and O–H groups in total. The van der Waals surface area contributed by atoms with Crippen molar-refractivity contribution < 1.29 is 23.0 Å². The van der Waals surface area contributed by atoms with Crippen LogP contribution in [0.4, 0.5) is 13.2 Å². The molecule has 23 heavy (non-hydrogen) atoms. The number of pyridine rings is 1. The molecule has 0 aliphatic carbocycles. The first-order valence-corrected chi connectivity index (χ1v) is 6.77. The molecule has 0 saturated carbocycles. The summed E-state index contributed by atoms with van der Waals surface area (Å²) >= 11 is 0. The number of aromatic nitrogens is 1. The van der Waals surface area contributed by atoms with E-state index in [1.54, 1.807) is 6.92 Å². The topological polar surface area (TPSA) is 66.1 Å². The van der Waals surface area contributed by atoms with Gasteiger partial charge in [0.15, 0.2) is 0 Å². The largest absolute Gasteiger partial charge is 0.506 e. The lowest BCUT2D eigenvalue weighted by molar-refractivity contribution is -0.137. The van der Waals surface area contributed by atoms with Crippen LogP contribution in [0.25, 0.3) is 0 Å². The van der Waals surface area contributed by atoms with Gasteiger partial charge in [-0.05, 0) is 30.7 Å². The Morgan fingerprint density at radius 3 is 2.61 bits per heavy atom. The van der Waals surface area contributed by atoms with Crippen LogP contribution in [-0.4, -0.2) is 10.1 Å². The van der Waals surface area contributed by atoms with Crippen LogP contribution < -0.4 is 4.74 Å². The van der Waals surface area contributed by atoms with Crippen LogP contribution in [0.5, 0.6) is 11.5 Å². The standard InChI is InChI=1S/C16H13F3N2O2/c1-2-15(11-5-12(22)9-21-8-11)23-13-4-3-10(7-20)14(6-13)16(17,18)19/h3-6,8-9,15,22H,2H2,1H3. The van der Waals surface area contributed by atoms with Crippen LogP contribution >= 0.6 is 0 Å². The number of nitriles is 1. The van der Waals surface area contributed by atoms with Crippen molar-refractivity contribution in [1.82, 2.24) is 4.98 Å². The number of alkyl halides is 3. The van der Waals surface area contributed by atoms with Crippen molar-refractivity contribution >= 4 is 0 Å². The van der Waals surface area contributed by atoms with Gasteiger partial charge in [-0.2, -0.15) is 18.4 Å². The van der Waals surface area contributed by atoms with E-state index in [0.717, 1.165) is 12.1 Å². The molecule has 0 aliphatic heterocycles. The van der Waals surface area contributed by atoms with Gasteiger partial charge < -0.3 is 9.84 Å². The Hall–Kier alpha value is -2.75. The van der Waals surface area contributed by atoms with E-state index in [9.17, 15) is 18.3 Å². The maximum atomic E-state index is 13.0. The van der Waals surface area contributed by atoms with E-state index in [0.29, 0.717) is 12.0 Å². The summed E-state index contributed by atoms with van der Waals surface area (Å²) in [5.41, 5.74) is -0.955. The van der Waals surface area contributed by atoms with Gasteiger partial charge in [0, 0.05) is 11.8 Å². The van der Waals surface area contributed by atoms with Gasteiger partial charge in [-0.15, -0.1) is 0 Å². The van der Waals surface area contributed by atoms with Gasteiger partial charge in [-0.25, -0.2) is 0 Å². The Morgan fingerprint density at radius 1 is 1.30 bits per heavy atom. The summed E-state index contributed by atoms with van der Waals surface area (Å²) in [6.45, 7) is 1.79. The van der Waals surface area contributed by atoms with Crippen LogP contribution in [0.2, 0.25) is 0 Å². The molecular formula is C16H13F3N2O2. The van der Waals surface area contributed by atoms with Gasteiger partial charge >= 0.3 is 6.18 Å². The molecule has 1 heterocycles. The van der Waals surface area contributed by atoms with Gasteiger partial charge in [0.25, 0.3) is 0 Å². The summed E-state index contributed by atoms with van der Waals surface area (Å²) in [4.78, 5) is 3.83. The second-order valence-electron chi connectivity index (χ2n) is 4.81. The average molecular weight is 322 g/mol. The predicted molar refractivity (Wildman–Crippen MR) is 75.7 cm³/mol. The SMILES string of the molecule is CCC(Oc1ccc(C#N)c(C(F)(F)F)c1)c1cncc(O)c1. The molecule has 1 aromatic carbocycles. The summed E-state index contributed by atoms with van der Waals surface area (Å²) in [5, 5.41) is 18.2. The van der Waals surface area contributed by atoms with E-state index in [2.05, 4.69) is 4.98 Å². The highest BCUT2D eigenvalue weighted by Crippen LogP contribution is 2.35. The lowest BCUT2D eigenvalue weighted by atomic mass is 10.1. The van der Waals surface area contributed by atoms with Crippen molar-refractivity contribution in [3.63, 3.8) is 0 Å². The third kappa shape index (κ3) is 3.92. The number of nitrogens with zero attached hydrogens (tertiary/aromatic N) is 2. The maximum Gasteiger partial charge on any atom is 0.417 e. The Bertz CT molecular complexity index is 739. The fourth-order valence-electron chi connectivity index (χ4n) is 2.10. The summed E-state index contributed by atoms with van der Waals surface area (Å²) in [7, 11) is 0. The molecule has 120 valence electrons. The van der Waals surface area contributed by atoms with E-state index >= 15 is 0 Å². The predicted octanol–water partition coefficient (Wildman–Crippen LogP) is 4.21. The third-order valence-electron chi connectivity index (χ3n) is 3.18. The molecule has 0 aliphatic rings. The second-order valence-corrected chi connectivity index (χ2v) is 4.81. The quantitative estimate of drug-likeness (QED) is 0.916. The smallest absolute Gasteiger partial charge is 0.417 e. The first kappa shape index (κ1) is 16.6. The number of aromatic hydroxyl groups is 1. The van der Waals surface area contributed by atoms with Crippen molar-refractivity contribution in [2.45, 2.75) is 25.6 Å². The molecule has 0 fully saturated rings. The number of rotatable bonds is 4.